The van der Waals surface area contributed by atoms with Crippen LogP contribution < -0.4 is 4.90 Å². The SMILES string of the molecule is Cc1cc(C(C)CO)ccc1N1CCCC1. The molecule has 0 aromatic heterocycles. The second-order valence-electron chi connectivity index (χ2n) is 4.82. The van der Waals surface area contributed by atoms with Crippen molar-refractivity contribution >= 4 is 5.69 Å². The van der Waals surface area contributed by atoms with E-state index in [2.05, 4.69) is 36.9 Å². The Bertz CT molecular complexity index is 356. The van der Waals surface area contributed by atoms with Crippen LogP contribution in [-0.2, 0) is 0 Å². The van der Waals surface area contributed by atoms with Gasteiger partial charge in [-0.25, -0.2) is 0 Å². The summed E-state index contributed by atoms with van der Waals surface area (Å²) in [6, 6.07) is 6.58. The standard InChI is InChI=1S/C14H21NO/c1-11-9-13(12(2)10-16)5-6-14(11)15-7-3-4-8-15/h5-6,9,12,16H,3-4,7-8,10H2,1-2H3. The average Bonchev–Trinajstić information content (AvgIpc) is 2.81. The normalized spacial score (nSPS) is 17.8. The first kappa shape index (κ1) is 11.5. The molecule has 0 spiro atoms. The number of aliphatic hydroxyl groups excluding tert-OH is 1. The van der Waals surface area contributed by atoms with Gasteiger partial charge in [-0.15, -0.1) is 0 Å². The van der Waals surface area contributed by atoms with Gasteiger partial charge in [-0.05, 0) is 37.0 Å². The quantitative estimate of drug-likeness (QED) is 0.845. The zero-order valence-corrected chi connectivity index (χ0v) is 10.2. The first-order valence-electron chi connectivity index (χ1n) is 6.18. The highest BCUT2D eigenvalue weighted by atomic mass is 16.3. The molecule has 0 radical (unpaired) electrons. The maximum absolute atomic E-state index is 9.15. The lowest BCUT2D eigenvalue weighted by molar-refractivity contribution is 0.273. The summed E-state index contributed by atoms with van der Waals surface area (Å²) in [5.41, 5.74) is 3.94. The maximum Gasteiger partial charge on any atom is 0.0497 e. The van der Waals surface area contributed by atoms with Gasteiger partial charge < -0.3 is 10.0 Å². The molecule has 88 valence electrons. The molecule has 1 aromatic rings. The Morgan fingerprint density at radius 1 is 1.31 bits per heavy atom. The Kier molecular flexibility index (Phi) is 3.49. The number of anilines is 1. The molecule has 1 aliphatic rings. The largest absolute Gasteiger partial charge is 0.396 e. The third-order valence-corrected chi connectivity index (χ3v) is 3.51. The molecule has 0 bridgehead atoms. The molecule has 1 unspecified atom stereocenters. The van der Waals surface area contributed by atoms with Crippen molar-refractivity contribution in [2.45, 2.75) is 32.6 Å². The van der Waals surface area contributed by atoms with Crippen molar-refractivity contribution in [2.75, 3.05) is 24.6 Å². The van der Waals surface area contributed by atoms with Gasteiger partial charge in [-0.1, -0.05) is 19.1 Å². The molecule has 2 heteroatoms. The van der Waals surface area contributed by atoms with Gasteiger partial charge in [-0.3, -0.25) is 0 Å². The molecule has 1 saturated heterocycles. The minimum Gasteiger partial charge on any atom is -0.396 e. The summed E-state index contributed by atoms with van der Waals surface area (Å²) in [7, 11) is 0. The highest BCUT2D eigenvalue weighted by Gasteiger charge is 2.15. The van der Waals surface area contributed by atoms with Crippen LogP contribution >= 0.6 is 0 Å². The second kappa shape index (κ2) is 4.88. The molecule has 0 aliphatic carbocycles. The molecule has 1 heterocycles. The van der Waals surface area contributed by atoms with E-state index in [0.29, 0.717) is 0 Å². The van der Waals surface area contributed by atoms with E-state index in [-0.39, 0.29) is 12.5 Å². The van der Waals surface area contributed by atoms with Crippen molar-refractivity contribution in [1.29, 1.82) is 0 Å². The fourth-order valence-electron chi connectivity index (χ4n) is 2.40. The molecule has 0 amide bonds. The van der Waals surface area contributed by atoms with Crippen LogP contribution in [0, 0.1) is 6.92 Å². The Labute approximate surface area is 97.9 Å². The van der Waals surface area contributed by atoms with Gasteiger partial charge in [0.2, 0.25) is 0 Å². The Hall–Kier alpha value is -1.02. The van der Waals surface area contributed by atoms with Crippen LogP contribution in [0.2, 0.25) is 0 Å². The van der Waals surface area contributed by atoms with Crippen molar-refractivity contribution in [1.82, 2.24) is 0 Å². The van der Waals surface area contributed by atoms with Crippen LogP contribution in [0.15, 0.2) is 18.2 Å². The molecule has 1 aromatic carbocycles. The van der Waals surface area contributed by atoms with Gasteiger partial charge in [0.1, 0.15) is 0 Å². The van der Waals surface area contributed by atoms with E-state index in [9.17, 15) is 0 Å². The topological polar surface area (TPSA) is 23.5 Å². The average molecular weight is 219 g/mol. The number of benzene rings is 1. The van der Waals surface area contributed by atoms with Crippen LogP contribution in [0.1, 0.15) is 36.8 Å². The summed E-state index contributed by atoms with van der Waals surface area (Å²) >= 11 is 0. The third-order valence-electron chi connectivity index (χ3n) is 3.51. The number of aryl methyl sites for hydroxylation is 1. The lowest BCUT2D eigenvalue weighted by atomic mass is 9.99. The summed E-state index contributed by atoms with van der Waals surface area (Å²) < 4.78 is 0. The summed E-state index contributed by atoms with van der Waals surface area (Å²) in [4.78, 5) is 2.46. The highest BCUT2D eigenvalue weighted by Crippen LogP contribution is 2.27. The smallest absolute Gasteiger partial charge is 0.0497 e. The van der Waals surface area contributed by atoms with E-state index in [0.717, 1.165) is 0 Å². The van der Waals surface area contributed by atoms with Gasteiger partial charge in [0.05, 0.1) is 0 Å². The summed E-state index contributed by atoms with van der Waals surface area (Å²) in [6.45, 7) is 6.83. The fourth-order valence-corrected chi connectivity index (χ4v) is 2.40. The Morgan fingerprint density at radius 2 is 2.00 bits per heavy atom. The molecule has 1 aliphatic heterocycles. The number of hydrogen-bond acceptors (Lipinski definition) is 2. The number of rotatable bonds is 3. The molecule has 0 saturated carbocycles. The van der Waals surface area contributed by atoms with Crippen molar-refractivity contribution in [2.24, 2.45) is 0 Å². The number of nitrogens with zero attached hydrogens (tertiary/aromatic N) is 1. The molecule has 1 atom stereocenters. The molecule has 1 N–H and O–H groups in total. The van der Waals surface area contributed by atoms with Crippen molar-refractivity contribution in [3.05, 3.63) is 29.3 Å². The van der Waals surface area contributed by atoms with Crippen LogP contribution in [-0.4, -0.2) is 24.8 Å². The zero-order valence-electron chi connectivity index (χ0n) is 10.2. The molecule has 1 fully saturated rings. The van der Waals surface area contributed by atoms with E-state index < -0.39 is 0 Å². The molecule has 2 rings (SSSR count). The fraction of sp³-hybridized carbons (Fsp3) is 0.571. The van der Waals surface area contributed by atoms with Gasteiger partial charge >= 0.3 is 0 Å². The second-order valence-corrected chi connectivity index (χ2v) is 4.82. The third kappa shape index (κ3) is 2.22. The maximum atomic E-state index is 9.15. The lowest BCUT2D eigenvalue weighted by Crippen LogP contribution is -2.18. The summed E-state index contributed by atoms with van der Waals surface area (Å²) in [6.07, 6.45) is 2.63. The first-order chi connectivity index (χ1) is 7.72. The van der Waals surface area contributed by atoms with Gasteiger partial charge in [0, 0.05) is 31.3 Å². The van der Waals surface area contributed by atoms with Crippen molar-refractivity contribution in [3.63, 3.8) is 0 Å². The van der Waals surface area contributed by atoms with E-state index in [1.165, 1.54) is 42.7 Å². The van der Waals surface area contributed by atoms with Gasteiger partial charge in [-0.2, -0.15) is 0 Å². The van der Waals surface area contributed by atoms with E-state index in [4.69, 9.17) is 5.11 Å². The van der Waals surface area contributed by atoms with Crippen LogP contribution in [0.5, 0.6) is 0 Å². The monoisotopic (exact) mass is 219 g/mol. The number of hydrogen-bond donors (Lipinski definition) is 1. The van der Waals surface area contributed by atoms with E-state index in [1.807, 2.05) is 0 Å². The van der Waals surface area contributed by atoms with Gasteiger partial charge in [0.15, 0.2) is 0 Å². The van der Waals surface area contributed by atoms with Crippen LogP contribution in [0.4, 0.5) is 5.69 Å². The lowest BCUT2D eigenvalue weighted by Gasteiger charge is -2.21. The van der Waals surface area contributed by atoms with E-state index in [1.54, 1.807) is 0 Å². The molecule has 16 heavy (non-hydrogen) atoms. The Balaban J connectivity index is 2.22. The summed E-state index contributed by atoms with van der Waals surface area (Å²) in [5, 5.41) is 9.15. The molecular weight excluding hydrogens is 198 g/mol. The predicted octanol–water partition coefficient (Wildman–Crippen LogP) is 2.69. The summed E-state index contributed by atoms with van der Waals surface area (Å²) in [5.74, 6) is 0.242. The number of aliphatic hydroxyl groups is 1. The molecule has 2 nitrogen and oxygen atoms in total. The predicted molar refractivity (Wildman–Crippen MR) is 68.1 cm³/mol. The minimum atomic E-state index is 0.225. The molecular formula is C14H21NO. The Morgan fingerprint density at radius 3 is 2.56 bits per heavy atom. The highest BCUT2D eigenvalue weighted by molar-refractivity contribution is 5.55. The van der Waals surface area contributed by atoms with Gasteiger partial charge in [0.25, 0.3) is 0 Å². The van der Waals surface area contributed by atoms with Crippen LogP contribution in [0.25, 0.3) is 0 Å². The minimum absolute atomic E-state index is 0.225. The van der Waals surface area contributed by atoms with E-state index >= 15 is 0 Å². The zero-order chi connectivity index (χ0) is 11.5. The first-order valence-corrected chi connectivity index (χ1v) is 6.18. The van der Waals surface area contributed by atoms with Crippen molar-refractivity contribution < 1.29 is 5.11 Å². The van der Waals surface area contributed by atoms with Crippen LogP contribution in [0.3, 0.4) is 0 Å². The van der Waals surface area contributed by atoms with Crippen molar-refractivity contribution in [3.8, 4) is 0 Å².